The van der Waals surface area contributed by atoms with Crippen molar-refractivity contribution in [3.63, 3.8) is 0 Å². The lowest BCUT2D eigenvalue weighted by Crippen LogP contribution is -2.49. The van der Waals surface area contributed by atoms with Gasteiger partial charge in [-0.1, -0.05) is 29.8 Å². The van der Waals surface area contributed by atoms with E-state index in [1.165, 1.54) is 0 Å². The number of imidazole rings is 1. The van der Waals surface area contributed by atoms with Gasteiger partial charge in [0.1, 0.15) is 0 Å². The zero-order chi connectivity index (χ0) is 18.3. The van der Waals surface area contributed by atoms with Crippen molar-refractivity contribution in [3.8, 4) is 0 Å². The fraction of sp³-hybridized carbons (Fsp3) is 0.316. The topological polar surface area (TPSA) is 69.3 Å². The number of hydrogen-bond acceptors (Lipinski definition) is 4. The molecule has 26 heavy (non-hydrogen) atoms. The Morgan fingerprint density at radius 2 is 1.73 bits per heavy atom. The van der Waals surface area contributed by atoms with E-state index in [0.717, 1.165) is 28.1 Å². The molecule has 6 nitrogen and oxygen atoms in total. The number of fused-ring (bicyclic) bond motifs is 1. The molecule has 1 saturated heterocycles. The van der Waals surface area contributed by atoms with Crippen LogP contribution in [0.15, 0.2) is 47.4 Å². The average molecular weight is 370 g/mol. The van der Waals surface area contributed by atoms with E-state index in [4.69, 9.17) is 0 Å². The third-order valence-corrected chi connectivity index (χ3v) is 6.92. The molecule has 0 radical (unpaired) electrons. The van der Waals surface area contributed by atoms with E-state index in [2.05, 4.69) is 14.9 Å². The van der Waals surface area contributed by atoms with Crippen LogP contribution in [-0.2, 0) is 10.0 Å². The Bertz CT molecular complexity index is 1020. The number of sulfonamides is 1. The zero-order valence-electron chi connectivity index (χ0n) is 14.9. The highest BCUT2D eigenvalue weighted by molar-refractivity contribution is 7.89. The SMILES string of the molecule is Cc1ccc(S(=O)(=O)N2CCN(c3nc4ccccc4[nH]3)CC2)c(C)c1. The quantitative estimate of drug-likeness (QED) is 0.770. The molecule has 7 heteroatoms. The molecule has 0 aliphatic carbocycles. The second-order valence-corrected chi connectivity index (χ2v) is 8.64. The Kier molecular flexibility index (Phi) is 4.20. The van der Waals surface area contributed by atoms with Crippen molar-refractivity contribution in [3.05, 3.63) is 53.6 Å². The number of nitrogens with one attached hydrogen (secondary N) is 1. The lowest BCUT2D eigenvalue weighted by atomic mass is 10.2. The van der Waals surface area contributed by atoms with Crippen LogP contribution in [0.25, 0.3) is 11.0 Å². The summed E-state index contributed by atoms with van der Waals surface area (Å²) in [6, 6.07) is 13.4. The maximum Gasteiger partial charge on any atom is 0.243 e. The molecule has 1 N–H and O–H groups in total. The number of H-pyrrole nitrogens is 1. The Hall–Kier alpha value is -2.38. The van der Waals surface area contributed by atoms with Crippen molar-refractivity contribution in [2.45, 2.75) is 18.7 Å². The summed E-state index contributed by atoms with van der Waals surface area (Å²) in [6.45, 7) is 5.95. The predicted octanol–water partition coefficient (Wildman–Crippen LogP) is 2.69. The summed E-state index contributed by atoms with van der Waals surface area (Å²) in [7, 11) is -3.46. The van der Waals surface area contributed by atoms with E-state index in [1.54, 1.807) is 10.4 Å². The number of hydrogen-bond donors (Lipinski definition) is 1. The summed E-state index contributed by atoms with van der Waals surface area (Å²) in [5.41, 5.74) is 3.78. The van der Waals surface area contributed by atoms with E-state index in [9.17, 15) is 8.42 Å². The van der Waals surface area contributed by atoms with Gasteiger partial charge >= 0.3 is 0 Å². The van der Waals surface area contributed by atoms with Gasteiger partial charge in [-0.25, -0.2) is 13.4 Å². The summed E-state index contributed by atoms with van der Waals surface area (Å²) >= 11 is 0. The number of aromatic nitrogens is 2. The van der Waals surface area contributed by atoms with Crippen LogP contribution < -0.4 is 4.90 Å². The first-order chi connectivity index (χ1) is 12.4. The Balaban J connectivity index is 1.52. The van der Waals surface area contributed by atoms with Crippen LogP contribution >= 0.6 is 0 Å². The second kappa shape index (κ2) is 6.41. The molecule has 0 atom stereocenters. The first-order valence-corrected chi connectivity index (χ1v) is 10.2. The van der Waals surface area contributed by atoms with Gasteiger partial charge in [0.05, 0.1) is 15.9 Å². The Labute approximate surface area is 153 Å². The number of aromatic amines is 1. The summed E-state index contributed by atoms with van der Waals surface area (Å²) in [5, 5.41) is 0. The van der Waals surface area contributed by atoms with Gasteiger partial charge in [0.15, 0.2) is 0 Å². The standard InChI is InChI=1S/C19H22N4O2S/c1-14-7-8-18(15(2)13-14)26(24,25)23-11-9-22(10-12-23)19-20-16-5-3-4-6-17(16)21-19/h3-8,13H,9-12H2,1-2H3,(H,20,21). The van der Waals surface area contributed by atoms with Crippen LogP contribution in [0.5, 0.6) is 0 Å². The molecule has 0 amide bonds. The maximum atomic E-state index is 13.0. The van der Waals surface area contributed by atoms with Crippen molar-refractivity contribution in [1.29, 1.82) is 0 Å². The molecule has 1 aliphatic rings. The molecule has 0 spiro atoms. The molecule has 2 heterocycles. The van der Waals surface area contributed by atoms with Crippen LogP contribution in [0, 0.1) is 13.8 Å². The highest BCUT2D eigenvalue weighted by Gasteiger charge is 2.30. The van der Waals surface area contributed by atoms with E-state index >= 15 is 0 Å². The summed E-state index contributed by atoms with van der Waals surface area (Å²) in [6.07, 6.45) is 0. The van der Waals surface area contributed by atoms with E-state index in [0.29, 0.717) is 31.1 Å². The number of aryl methyl sites for hydroxylation is 2. The van der Waals surface area contributed by atoms with E-state index in [1.807, 2.05) is 50.2 Å². The minimum absolute atomic E-state index is 0.403. The summed E-state index contributed by atoms with van der Waals surface area (Å²) < 4.78 is 27.5. The number of nitrogens with zero attached hydrogens (tertiary/aromatic N) is 3. The van der Waals surface area contributed by atoms with E-state index < -0.39 is 10.0 Å². The first kappa shape index (κ1) is 17.1. The van der Waals surface area contributed by atoms with Gasteiger partial charge in [-0.2, -0.15) is 4.31 Å². The predicted molar refractivity (Wildman–Crippen MR) is 103 cm³/mol. The highest BCUT2D eigenvalue weighted by atomic mass is 32.2. The van der Waals surface area contributed by atoms with Crippen molar-refractivity contribution in [1.82, 2.24) is 14.3 Å². The second-order valence-electron chi connectivity index (χ2n) is 6.74. The molecule has 3 aromatic rings. The largest absolute Gasteiger partial charge is 0.340 e. The van der Waals surface area contributed by atoms with Crippen molar-refractivity contribution >= 4 is 27.0 Å². The Morgan fingerprint density at radius 1 is 1.00 bits per heavy atom. The van der Waals surface area contributed by atoms with Gasteiger partial charge in [0.2, 0.25) is 16.0 Å². The molecule has 1 aliphatic heterocycles. The normalized spacial score (nSPS) is 16.3. The number of para-hydroxylation sites is 2. The molecule has 4 rings (SSSR count). The van der Waals surface area contributed by atoms with Crippen LogP contribution in [-0.4, -0.2) is 48.9 Å². The third kappa shape index (κ3) is 2.97. The molecule has 1 aromatic heterocycles. The van der Waals surface area contributed by atoms with Gasteiger partial charge in [-0.05, 0) is 37.6 Å². The van der Waals surface area contributed by atoms with Gasteiger partial charge in [0.25, 0.3) is 0 Å². The lowest BCUT2D eigenvalue weighted by molar-refractivity contribution is 0.383. The molecular weight excluding hydrogens is 348 g/mol. The summed E-state index contributed by atoms with van der Waals surface area (Å²) in [4.78, 5) is 10.4. The maximum absolute atomic E-state index is 13.0. The minimum Gasteiger partial charge on any atom is -0.340 e. The fourth-order valence-corrected chi connectivity index (χ4v) is 5.09. The van der Waals surface area contributed by atoms with Crippen LogP contribution in [0.1, 0.15) is 11.1 Å². The van der Waals surface area contributed by atoms with Gasteiger partial charge in [-0.3, -0.25) is 0 Å². The van der Waals surface area contributed by atoms with Gasteiger partial charge in [-0.15, -0.1) is 0 Å². The van der Waals surface area contributed by atoms with E-state index in [-0.39, 0.29) is 0 Å². The zero-order valence-corrected chi connectivity index (χ0v) is 15.8. The fourth-order valence-electron chi connectivity index (χ4n) is 3.46. The first-order valence-electron chi connectivity index (χ1n) is 8.72. The Morgan fingerprint density at radius 3 is 2.42 bits per heavy atom. The monoisotopic (exact) mass is 370 g/mol. The third-order valence-electron chi connectivity index (χ3n) is 4.86. The van der Waals surface area contributed by atoms with Gasteiger partial charge in [0, 0.05) is 26.2 Å². The number of benzene rings is 2. The summed E-state index contributed by atoms with van der Waals surface area (Å²) in [5.74, 6) is 0.801. The van der Waals surface area contributed by atoms with Crippen molar-refractivity contribution in [2.24, 2.45) is 0 Å². The minimum atomic E-state index is -3.46. The smallest absolute Gasteiger partial charge is 0.243 e. The van der Waals surface area contributed by atoms with Crippen LogP contribution in [0.3, 0.4) is 0 Å². The molecule has 136 valence electrons. The number of anilines is 1. The molecule has 0 unspecified atom stereocenters. The molecule has 0 saturated carbocycles. The number of rotatable bonds is 3. The molecule has 1 fully saturated rings. The van der Waals surface area contributed by atoms with Crippen molar-refractivity contribution in [2.75, 3.05) is 31.1 Å². The molecular formula is C19H22N4O2S. The van der Waals surface area contributed by atoms with Crippen LogP contribution in [0.4, 0.5) is 5.95 Å². The number of piperazine rings is 1. The van der Waals surface area contributed by atoms with Crippen LogP contribution in [0.2, 0.25) is 0 Å². The average Bonchev–Trinajstić information content (AvgIpc) is 3.05. The molecule has 0 bridgehead atoms. The van der Waals surface area contributed by atoms with Gasteiger partial charge < -0.3 is 9.88 Å². The lowest BCUT2D eigenvalue weighted by Gasteiger charge is -2.34. The highest BCUT2D eigenvalue weighted by Crippen LogP contribution is 2.24. The van der Waals surface area contributed by atoms with Crippen molar-refractivity contribution < 1.29 is 8.42 Å². The molecule has 2 aromatic carbocycles.